The Balaban J connectivity index is 1.99. The molecule has 21 heavy (non-hydrogen) atoms. The number of hydrogen-bond acceptors (Lipinski definition) is 4. The van der Waals surface area contributed by atoms with Gasteiger partial charge in [-0.05, 0) is 12.1 Å². The van der Waals surface area contributed by atoms with Crippen molar-refractivity contribution in [3.63, 3.8) is 0 Å². The molecule has 2 heterocycles. The van der Waals surface area contributed by atoms with Crippen LogP contribution in [0.2, 0.25) is 0 Å². The number of aromatic nitrogens is 2. The van der Waals surface area contributed by atoms with E-state index in [1.807, 2.05) is 23.9 Å². The molecular formula is C15H17N3O2S. The van der Waals surface area contributed by atoms with Crippen LogP contribution >= 0.6 is 11.8 Å². The van der Waals surface area contributed by atoms with Gasteiger partial charge in [-0.15, -0.1) is 11.8 Å². The number of thioether (sulfide) groups is 1. The first-order valence-corrected chi connectivity index (χ1v) is 7.79. The van der Waals surface area contributed by atoms with Crippen molar-refractivity contribution >= 4 is 17.4 Å². The van der Waals surface area contributed by atoms with Crippen LogP contribution < -0.4 is 16.1 Å². The highest BCUT2D eigenvalue weighted by atomic mass is 32.2. The molecule has 0 unspecified atom stereocenters. The van der Waals surface area contributed by atoms with E-state index in [0.29, 0.717) is 6.54 Å². The summed E-state index contributed by atoms with van der Waals surface area (Å²) in [5, 5.41) is 0. The predicted octanol–water partition coefficient (Wildman–Crippen LogP) is 1.20. The van der Waals surface area contributed by atoms with Crippen LogP contribution in [0.1, 0.15) is 5.69 Å². The van der Waals surface area contributed by atoms with Crippen LogP contribution in [0.5, 0.6) is 0 Å². The van der Waals surface area contributed by atoms with Crippen molar-refractivity contribution < 1.29 is 0 Å². The Hall–Kier alpha value is -1.95. The minimum absolute atomic E-state index is 0.257. The molecule has 0 amide bonds. The smallest absolute Gasteiger partial charge is 0.330 e. The maximum atomic E-state index is 12.0. The van der Waals surface area contributed by atoms with E-state index in [4.69, 9.17) is 0 Å². The van der Waals surface area contributed by atoms with Gasteiger partial charge in [0, 0.05) is 43.0 Å². The van der Waals surface area contributed by atoms with Gasteiger partial charge in [-0.25, -0.2) is 4.79 Å². The quantitative estimate of drug-likeness (QED) is 0.836. The molecule has 6 heteroatoms. The number of hydrogen-bond donors (Lipinski definition) is 0. The minimum Gasteiger partial charge on any atom is -0.364 e. The van der Waals surface area contributed by atoms with Crippen molar-refractivity contribution in [1.29, 1.82) is 0 Å². The van der Waals surface area contributed by atoms with E-state index in [0.717, 1.165) is 22.6 Å². The van der Waals surface area contributed by atoms with E-state index in [1.165, 1.54) is 17.6 Å². The second-order valence-electron chi connectivity index (χ2n) is 5.11. The highest BCUT2D eigenvalue weighted by molar-refractivity contribution is 7.99. The number of nitrogens with zero attached hydrogens (tertiary/aromatic N) is 3. The lowest BCUT2D eigenvalue weighted by atomic mass is 10.2. The van der Waals surface area contributed by atoms with Crippen LogP contribution in [-0.4, -0.2) is 21.4 Å². The summed E-state index contributed by atoms with van der Waals surface area (Å²) in [7, 11) is 3.21. The summed E-state index contributed by atoms with van der Waals surface area (Å²) >= 11 is 1.84. The molecule has 0 bridgehead atoms. The lowest BCUT2D eigenvalue weighted by Gasteiger charge is -2.31. The van der Waals surface area contributed by atoms with Crippen LogP contribution in [-0.2, 0) is 20.6 Å². The summed E-state index contributed by atoms with van der Waals surface area (Å²) in [4.78, 5) is 27.3. The molecule has 0 saturated heterocycles. The topological polar surface area (TPSA) is 47.2 Å². The first-order chi connectivity index (χ1) is 10.1. The second kappa shape index (κ2) is 5.44. The molecule has 1 aliphatic heterocycles. The molecule has 110 valence electrons. The molecule has 0 aliphatic carbocycles. The summed E-state index contributed by atoms with van der Waals surface area (Å²) in [5.74, 6) is 1.01. The van der Waals surface area contributed by atoms with Gasteiger partial charge in [0.2, 0.25) is 0 Å². The Morgan fingerprint density at radius 1 is 1.14 bits per heavy atom. The van der Waals surface area contributed by atoms with Crippen LogP contribution in [0.15, 0.2) is 44.8 Å². The van der Waals surface area contributed by atoms with Gasteiger partial charge in [-0.1, -0.05) is 12.1 Å². The molecule has 0 N–H and O–H groups in total. The van der Waals surface area contributed by atoms with Crippen molar-refractivity contribution in [3.05, 3.63) is 56.9 Å². The Morgan fingerprint density at radius 3 is 2.71 bits per heavy atom. The maximum Gasteiger partial charge on any atom is 0.330 e. The SMILES string of the molecule is Cn1c(CN2CCSc3ccccc32)cc(=O)n(C)c1=O. The fourth-order valence-corrected chi connectivity index (χ4v) is 3.57. The molecule has 5 nitrogen and oxygen atoms in total. The fraction of sp³-hybridized carbons (Fsp3) is 0.333. The number of fused-ring (bicyclic) bond motifs is 1. The number of anilines is 1. The van der Waals surface area contributed by atoms with Crippen molar-refractivity contribution in [1.82, 2.24) is 9.13 Å². The van der Waals surface area contributed by atoms with E-state index in [9.17, 15) is 9.59 Å². The molecule has 0 spiro atoms. The normalized spacial score (nSPS) is 14.1. The van der Waals surface area contributed by atoms with Gasteiger partial charge >= 0.3 is 5.69 Å². The molecule has 2 aromatic rings. The zero-order valence-electron chi connectivity index (χ0n) is 12.1. The standard InChI is InChI=1S/C15H17N3O2S/c1-16-11(9-14(19)17(2)15(16)20)10-18-7-8-21-13-6-4-3-5-12(13)18/h3-6,9H,7-8,10H2,1-2H3. The van der Waals surface area contributed by atoms with Gasteiger partial charge in [0.1, 0.15) is 0 Å². The highest BCUT2D eigenvalue weighted by Crippen LogP contribution is 2.34. The third-order valence-corrected chi connectivity index (χ3v) is 4.85. The van der Waals surface area contributed by atoms with Gasteiger partial charge in [0.15, 0.2) is 0 Å². The largest absolute Gasteiger partial charge is 0.364 e. The van der Waals surface area contributed by atoms with E-state index in [-0.39, 0.29) is 11.2 Å². The predicted molar refractivity (Wildman–Crippen MR) is 85.1 cm³/mol. The van der Waals surface area contributed by atoms with Crippen molar-refractivity contribution in [2.24, 2.45) is 14.1 Å². The lowest BCUT2D eigenvalue weighted by molar-refractivity contribution is 0.636. The number of para-hydroxylation sites is 1. The molecule has 0 fully saturated rings. The fourth-order valence-electron chi connectivity index (χ4n) is 2.52. The molecule has 3 rings (SSSR count). The summed E-state index contributed by atoms with van der Waals surface area (Å²) in [5.41, 5.74) is 1.37. The Bertz CT molecular complexity index is 794. The molecule has 0 atom stereocenters. The average molecular weight is 303 g/mol. The average Bonchev–Trinajstić information content (AvgIpc) is 2.51. The number of rotatable bonds is 2. The van der Waals surface area contributed by atoms with E-state index in [1.54, 1.807) is 17.7 Å². The molecule has 1 aliphatic rings. The lowest BCUT2D eigenvalue weighted by Crippen LogP contribution is -2.40. The Morgan fingerprint density at radius 2 is 1.90 bits per heavy atom. The van der Waals surface area contributed by atoms with E-state index in [2.05, 4.69) is 17.0 Å². The zero-order valence-corrected chi connectivity index (χ0v) is 12.9. The maximum absolute atomic E-state index is 12.0. The first-order valence-electron chi connectivity index (χ1n) is 6.80. The number of benzene rings is 1. The van der Waals surface area contributed by atoms with Crippen LogP contribution in [0.3, 0.4) is 0 Å². The molecule has 0 saturated carbocycles. The van der Waals surface area contributed by atoms with Gasteiger partial charge < -0.3 is 4.90 Å². The Labute approximate surface area is 126 Å². The second-order valence-corrected chi connectivity index (χ2v) is 6.25. The van der Waals surface area contributed by atoms with E-state index < -0.39 is 0 Å². The van der Waals surface area contributed by atoms with Crippen molar-refractivity contribution in [2.75, 3.05) is 17.2 Å². The molecular weight excluding hydrogens is 286 g/mol. The highest BCUT2D eigenvalue weighted by Gasteiger charge is 2.18. The Kier molecular flexibility index (Phi) is 3.63. The summed E-state index contributed by atoms with van der Waals surface area (Å²) in [6, 6.07) is 9.78. The summed E-state index contributed by atoms with van der Waals surface area (Å²) in [6.45, 7) is 1.48. The third-order valence-electron chi connectivity index (χ3n) is 3.80. The van der Waals surface area contributed by atoms with Gasteiger partial charge in [-0.2, -0.15) is 0 Å². The van der Waals surface area contributed by atoms with Gasteiger partial charge in [-0.3, -0.25) is 13.9 Å². The van der Waals surface area contributed by atoms with Crippen LogP contribution in [0.4, 0.5) is 5.69 Å². The minimum atomic E-state index is -0.280. The summed E-state index contributed by atoms with van der Waals surface area (Å²) < 4.78 is 2.68. The van der Waals surface area contributed by atoms with Crippen molar-refractivity contribution in [2.45, 2.75) is 11.4 Å². The van der Waals surface area contributed by atoms with E-state index >= 15 is 0 Å². The molecule has 0 radical (unpaired) electrons. The monoisotopic (exact) mass is 303 g/mol. The first kappa shape index (κ1) is 14.0. The zero-order chi connectivity index (χ0) is 15.0. The van der Waals surface area contributed by atoms with Crippen LogP contribution in [0, 0.1) is 0 Å². The van der Waals surface area contributed by atoms with Gasteiger partial charge in [0.25, 0.3) is 5.56 Å². The van der Waals surface area contributed by atoms with Crippen LogP contribution in [0.25, 0.3) is 0 Å². The van der Waals surface area contributed by atoms with Crippen molar-refractivity contribution in [3.8, 4) is 0 Å². The van der Waals surface area contributed by atoms with Gasteiger partial charge in [0.05, 0.1) is 12.2 Å². The molecule has 1 aromatic heterocycles. The third kappa shape index (κ3) is 2.51. The summed E-state index contributed by atoms with van der Waals surface area (Å²) in [6.07, 6.45) is 0. The molecule has 1 aromatic carbocycles.